The molecule has 1 spiro atoms. The van der Waals surface area contributed by atoms with E-state index < -0.39 is 0 Å². The van der Waals surface area contributed by atoms with Crippen molar-refractivity contribution in [1.82, 2.24) is 5.32 Å². The molecule has 2 heterocycles. The van der Waals surface area contributed by atoms with E-state index >= 15 is 0 Å². The third kappa shape index (κ3) is 3.48. The second-order valence-corrected chi connectivity index (χ2v) is 8.23. The summed E-state index contributed by atoms with van der Waals surface area (Å²) in [5.41, 5.74) is 0.592. The lowest BCUT2D eigenvalue weighted by Crippen LogP contribution is -2.52. The number of hydrogen-bond donors (Lipinski definition) is 1. The van der Waals surface area contributed by atoms with Crippen molar-refractivity contribution in [1.29, 1.82) is 0 Å². The van der Waals surface area contributed by atoms with Gasteiger partial charge in [0.05, 0.1) is 5.60 Å². The number of rotatable bonds is 4. The van der Waals surface area contributed by atoms with E-state index in [0.717, 1.165) is 12.5 Å². The highest BCUT2D eigenvalue weighted by atomic mass is 32.2. The summed E-state index contributed by atoms with van der Waals surface area (Å²) in [6.07, 6.45) is 6.25. The predicted molar refractivity (Wildman–Crippen MR) is 84.9 cm³/mol. The second kappa shape index (κ2) is 6.36. The monoisotopic (exact) mass is 285 g/mol. The maximum atomic E-state index is 6.24. The van der Waals surface area contributed by atoms with Gasteiger partial charge in [-0.25, -0.2) is 0 Å². The van der Waals surface area contributed by atoms with Crippen LogP contribution in [0.4, 0.5) is 0 Å². The molecule has 2 atom stereocenters. The van der Waals surface area contributed by atoms with Gasteiger partial charge >= 0.3 is 0 Å². The summed E-state index contributed by atoms with van der Waals surface area (Å²) in [6.45, 7) is 8.10. The Morgan fingerprint density at radius 1 is 1.37 bits per heavy atom. The minimum absolute atomic E-state index is 0.215. The molecule has 112 valence electrons. The Bertz CT molecular complexity index is 281. The molecule has 2 fully saturated rings. The van der Waals surface area contributed by atoms with Gasteiger partial charge in [0.2, 0.25) is 0 Å². The molecular weight excluding hydrogens is 254 g/mol. The fraction of sp³-hybridized carbons (Fsp3) is 1.00. The minimum atomic E-state index is 0.215. The highest BCUT2D eigenvalue weighted by molar-refractivity contribution is 7.99. The molecule has 0 amide bonds. The lowest BCUT2D eigenvalue weighted by atomic mass is 9.69. The van der Waals surface area contributed by atoms with Crippen molar-refractivity contribution in [3.63, 3.8) is 0 Å². The van der Waals surface area contributed by atoms with E-state index in [1.54, 1.807) is 0 Å². The van der Waals surface area contributed by atoms with Gasteiger partial charge in [0, 0.05) is 12.6 Å². The fourth-order valence-electron chi connectivity index (χ4n) is 3.93. The van der Waals surface area contributed by atoms with Crippen molar-refractivity contribution in [2.45, 2.75) is 64.5 Å². The predicted octanol–water partition coefficient (Wildman–Crippen LogP) is 3.70. The molecule has 2 saturated heterocycles. The lowest BCUT2D eigenvalue weighted by Gasteiger charge is -2.48. The van der Waals surface area contributed by atoms with E-state index in [9.17, 15) is 0 Å². The Morgan fingerprint density at radius 2 is 2.05 bits per heavy atom. The minimum Gasteiger partial charge on any atom is -0.375 e. The zero-order valence-electron chi connectivity index (χ0n) is 13.1. The van der Waals surface area contributed by atoms with Crippen molar-refractivity contribution < 1.29 is 4.74 Å². The van der Waals surface area contributed by atoms with E-state index in [1.165, 1.54) is 43.6 Å². The molecular formula is C16H31NOS. The topological polar surface area (TPSA) is 21.3 Å². The quantitative estimate of drug-likeness (QED) is 0.851. The summed E-state index contributed by atoms with van der Waals surface area (Å²) in [6, 6.07) is 0.618. The molecule has 2 unspecified atom stereocenters. The van der Waals surface area contributed by atoms with Crippen LogP contribution in [0.15, 0.2) is 0 Å². The van der Waals surface area contributed by atoms with Crippen LogP contribution >= 0.6 is 11.8 Å². The van der Waals surface area contributed by atoms with E-state index in [4.69, 9.17) is 4.74 Å². The maximum Gasteiger partial charge on any atom is 0.0701 e. The van der Waals surface area contributed by atoms with Gasteiger partial charge in [0.15, 0.2) is 0 Å². The first-order chi connectivity index (χ1) is 9.03. The van der Waals surface area contributed by atoms with E-state index in [-0.39, 0.29) is 5.60 Å². The van der Waals surface area contributed by atoms with Crippen molar-refractivity contribution in [2.24, 2.45) is 11.3 Å². The average Bonchev–Trinajstić information content (AvgIpc) is 2.40. The maximum absolute atomic E-state index is 6.24. The largest absolute Gasteiger partial charge is 0.375 e. The van der Waals surface area contributed by atoms with Crippen LogP contribution < -0.4 is 5.32 Å². The summed E-state index contributed by atoms with van der Waals surface area (Å²) in [7, 11) is 2.14. The molecule has 0 radical (unpaired) electrons. The van der Waals surface area contributed by atoms with Gasteiger partial charge in [-0.3, -0.25) is 0 Å². The van der Waals surface area contributed by atoms with Crippen LogP contribution in [0, 0.1) is 11.3 Å². The molecule has 0 aromatic heterocycles. The van der Waals surface area contributed by atoms with Gasteiger partial charge in [0.25, 0.3) is 0 Å². The Balaban J connectivity index is 2.07. The zero-order chi connectivity index (χ0) is 13.9. The van der Waals surface area contributed by atoms with Gasteiger partial charge in [-0.05, 0) is 62.0 Å². The molecule has 1 N–H and O–H groups in total. The van der Waals surface area contributed by atoms with Crippen LogP contribution in [0.1, 0.15) is 52.9 Å². The smallest absolute Gasteiger partial charge is 0.0701 e. The summed E-state index contributed by atoms with van der Waals surface area (Å²) >= 11 is 2.09. The van der Waals surface area contributed by atoms with Crippen LogP contribution in [0.25, 0.3) is 0 Å². The van der Waals surface area contributed by atoms with Crippen LogP contribution in [-0.2, 0) is 4.74 Å². The van der Waals surface area contributed by atoms with E-state index in [0.29, 0.717) is 11.5 Å². The molecule has 2 aliphatic rings. The third-order valence-electron chi connectivity index (χ3n) is 5.47. The summed E-state index contributed by atoms with van der Waals surface area (Å²) in [5, 5.41) is 3.62. The molecule has 0 saturated carbocycles. The van der Waals surface area contributed by atoms with Gasteiger partial charge in [-0.15, -0.1) is 0 Å². The molecule has 2 nitrogen and oxygen atoms in total. The first-order valence-corrected chi connectivity index (χ1v) is 9.07. The van der Waals surface area contributed by atoms with Crippen molar-refractivity contribution >= 4 is 11.8 Å². The van der Waals surface area contributed by atoms with E-state index in [2.05, 4.69) is 44.9 Å². The van der Waals surface area contributed by atoms with Gasteiger partial charge in [0.1, 0.15) is 0 Å². The second-order valence-electron chi connectivity index (χ2n) is 7.01. The number of thioether (sulfide) groups is 1. The highest BCUT2D eigenvalue weighted by Gasteiger charge is 2.43. The molecule has 0 aromatic rings. The van der Waals surface area contributed by atoms with Crippen molar-refractivity contribution in [3.05, 3.63) is 0 Å². The Labute approximate surface area is 123 Å². The molecule has 3 heteroatoms. The van der Waals surface area contributed by atoms with Gasteiger partial charge in [-0.1, -0.05) is 20.8 Å². The molecule has 2 aliphatic heterocycles. The average molecular weight is 285 g/mol. The van der Waals surface area contributed by atoms with Gasteiger partial charge < -0.3 is 10.1 Å². The Hall–Kier alpha value is 0.270. The fourth-order valence-corrected chi connectivity index (χ4v) is 5.16. The number of hydrogen-bond acceptors (Lipinski definition) is 3. The zero-order valence-corrected chi connectivity index (χ0v) is 13.9. The SMILES string of the molecule is CCC(C)(C)C(NC)C1CCOC2(CCSCC2)C1. The first-order valence-electron chi connectivity index (χ1n) is 7.92. The highest BCUT2D eigenvalue weighted by Crippen LogP contribution is 2.43. The summed E-state index contributed by atoms with van der Waals surface area (Å²) in [5.74, 6) is 3.35. The molecule has 0 aliphatic carbocycles. The van der Waals surface area contributed by atoms with Gasteiger partial charge in [-0.2, -0.15) is 11.8 Å². The summed E-state index contributed by atoms with van der Waals surface area (Å²) < 4.78 is 6.24. The molecule has 0 bridgehead atoms. The molecule has 0 aromatic carbocycles. The number of nitrogens with one attached hydrogen (secondary N) is 1. The van der Waals surface area contributed by atoms with Crippen LogP contribution in [-0.4, -0.2) is 36.8 Å². The van der Waals surface area contributed by atoms with Crippen molar-refractivity contribution in [3.8, 4) is 0 Å². The molecule has 2 rings (SSSR count). The Morgan fingerprint density at radius 3 is 2.63 bits per heavy atom. The summed E-state index contributed by atoms with van der Waals surface area (Å²) in [4.78, 5) is 0. The Kier molecular flexibility index (Phi) is 5.24. The van der Waals surface area contributed by atoms with Crippen molar-refractivity contribution in [2.75, 3.05) is 25.2 Å². The number of ether oxygens (including phenoxy) is 1. The normalized spacial score (nSPS) is 29.4. The standard InChI is InChI=1S/C16H31NOS/c1-5-15(2,3)14(17-4)13-6-9-18-16(12-13)7-10-19-11-8-16/h13-14,17H,5-12H2,1-4H3. The van der Waals surface area contributed by atoms with Crippen LogP contribution in [0.5, 0.6) is 0 Å². The van der Waals surface area contributed by atoms with Crippen LogP contribution in [0.3, 0.4) is 0 Å². The van der Waals surface area contributed by atoms with Crippen LogP contribution in [0.2, 0.25) is 0 Å². The third-order valence-corrected chi connectivity index (χ3v) is 6.46. The first kappa shape index (κ1) is 15.7. The lowest BCUT2D eigenvalue weighted by molar-refractivity contribution is -0.113. The molecule has 19 heavy (non-hydrogen) atoms. The van der Waals surface area contributed by atoms with E-state index in [1.807, 2.05) is 0 Å².